The first-order chi connectivity index (χ1) is 44.2. The van der Waals surface area contributed by atoms with Crippen LogP contribution in [-0.2, 0) is 10.8 Å². The van der Waals surface area contributed by atoms with Crippen molar-refractivity contribution in [3.05, 3.63) is 216 Å². The molecule has 0 aliphatic heterocycles. The Morgan fingerprint density at radius 3 is 1.78 bits per heavy atom. The third kappa shape index (κ3) is 9.79. The minimum Gasteiger partial charge on any atom is -0.507 e. The molecular formula is C69H67N3O. The van der Waals surface area contributed by atoms with Crippen LogP contribution in [-0.4, -0.2) is 19.6 Å². The molecule has 0 spiro atoms. The second-order valence-electron chi connectivity index (χ2n) is 18.9. The number of phenolic OH excluding ortho intramolecular Hbond substituents is 1. The van der Waals surface area contributed by atoms with Crippen molar-refractivity contribution < 1.29 is 36.6 Å². The fourth-order valence-corrected chi connectivity index (χ4v) is 9.35. The van der Waals surface area contributed by atoms with Crippen molar-refractivity contribution in [3.63, 3.8) is 0 Å². The van der Waals surface area contributed by atoms with Crippen molar-refractivity contribution in [3.8, 4) is 89.7 Å². The molecule has 0 aliphatic carbocycles. The Balaban J connectivity index is 1.40. The molecule has 0 amide bonds. The summed E-state index contributed by atoms with van der Waals surface area (Å²) in [4.78, 5) is 10.0. The van der Waals surface area contributed by atoms with E-state index in [4.69, 9.17) is 41.5 Å². The van der Waals surface area contributed by atoms with Crippen molar-refractivity contribution in [2.75, 3.05) is 0 Å². The van der Waals surface area contributed by atoms with Gasteiger partial charge in [-0.1, -0.05) is 202 Å². The number of benzene rings is 8. The van der Waals surface area contributed by atoms with E-state index in [9.17, 15) is 5.11 Å². The Kier molecular flexibility index (Phi) is 7.52. The first-order valence-electron chi connectivity index (χ1n) is 35.3. The molecule has 0 unspecified atom stereocenters. The second kappa shape index (κ2) is 19.3. The zero-order chi connectivity index (χ0) is 70.7. The highest BCUT2D eigenvalue weighted by molar-refractivity contribution is 5.99. The van der Waals surface area contributed by atoms with Crippen LogP contribution in [0.15, 0.2) is 188 Å². The normalized spacial score (nSPS) is 18.2. The van der Waals surface area contributed by atoms with E-state index in [1.807, 2.05) is 78.9 Å². The Morgan fingerprint density at radius 1 is 0.493 bits per heavy atom. The number of aryl methyl sites for hydroxylation is 1. The molecule has 0 atom stereocenters. The summed E-state index contributed by atoms with van der Waals surface area (Å²) in [6, 6.07) is 50.5. The second-order valence-corrected chi connectivity index (χ2v) is 18.9. The Hall–Kier alpha value is -7.82. The quantitative estimate of drug-likeness (QED) is 0.149. The Bertz CT molecular complexity index is 4460. The summed E-state index contributed by atoms with van der Waals surface area (Å²) in [6.07, 6.45) is 1.61. The Morgan fingerprint density at radius 2 is 1.11 bits per heavy atom. The van der Waals surface area contributed by atoms with Crippen LogP contribution in [0, 0.1) is 6.85 Å². The molecule has 2 heterocycles. The SMILES string of the molecule is [2H]C([2H])([2H])c1ccc(-c2ccnc(-c3cc(-c4ccccc4)cc(-c4cccc5c4nc(-c4cc(C(C([2H])([2H])[2H])(C([2H])([2H])[2H])C([2H])([2H])[2H])cc(C(C([2H])([2H])[2H])(C([2H])([2H])[2H])C([2H])([2H])[2H])c4O)n5-c4ccc(-c5cc(C([2H])(C)C)cc(C([2H])(C)C)c5)cc4-c4ccccc4)c3)c2)cc1. The van der Waals surface area contributed by atoms with Crippen LogP contribution < -0.4 is 0 Å². The number of hydrogen-bond acceptors (Lipinski definition) is 3. The monoisotopic (exact) mass is 977 g/mol. The molecule has 364 valence electrons. The molecule has 0 bridgehead atoms. The zero-order valence-electron chi connectivity index (χ0n) is 63.7. The zero-order valence-corrected chi connectivity index (χ0v) is 40.7. The lowest BCUT2D eigenvalue weighted by atomic mass is 9.79. The van der Waals surface area contributed by atoms with Crippen molar-refractivity contribution in [2.24, 2.45) is 0 Å². The topological polar surface area (TPSA) is 50.9 Å². The van der Waals surface area contributed by atoms with E-state index in [-0.39, 0.29) is 28.4 Å². The average Bonchev–Trinajstić information content (AvgIpc) is 0.773. The van der Waals surface area contributed by atoms with E-state index >= 15 is 0 Å². The lowest BCUT2D eigenvalue weighted by Gasteiger charge is -2.27. The van der Waals surface area contributed by atoms with Crippen LogP contribution in [0.25, 0.3) is 95.0 Å². The molecule has 0 aliphatic rings. The van der Waals surface area contributed by atoms with E-state index in [1.165, 1.54) is 16.7 Å². The average molecular weight is 977 g/mol. The summed E-state index contributed by atoms with van der Waals surface area (Å²) < 4.78 is 204. The minimum atomic E-state index is -4.22. The molecule has 0 saturated carbocycles. The maximum absolute atomic E-state index is 13.3. The number of nitrogens with zero attached hydrogens (tertiary/aromatic N) is 3. The third-order valence-corrected chi connectivity index (χ3v) is 13.2. The lowest BCUT2D eigenvalue weighted by molar-refractivity contribution is 0.446. The van der Waals surface area contributed by atoms with Crippen molar-refractivity contribution >= 4 is 11.0 Å². The Labute approximate surface area is 465 Å². The number of para-hydroxylation sites is 1. The van der Waals surface area contributed by atoms with Crippen LogP contribution in [0.3, 0.4) is 0 Å². The molecule has 0 radical (unpaired) electrons. The van der Waals surface area contributed by atoms with Crippen LogP contribution >= 0.6 is 0 Å². The summed E-state index contributed by atoms with van der Waals surface area (Å²) >= 11 is 0. The number of fused-ring (bicyclic) bond motifs is 1. The molecule has 4 nitrogen and oxygen atoms in total. The first-order valence-corrected chi connectivity index (χ1v) is 23.8. The van der Waals surface area contributed by atoms with Gasteiger partial charge in [0.25, 0.3) is 0 Å². The van der Waals surface area contributed by atoms with Gasteiger partial charge < -0.3 is 5.11 Å². The fraction of sp³-hybridized carbons (Fsp3) is 0.217. The van der Waals surface area contributed by atoms with Gasteiger partial charge in [-0.25, -0.2) is 4.98 Å². The van der Waals surface area contributed by atoms with Crippen LogP contribution in [0.2, 0.25) is 0 Å². The summed E-state index contributed by atoms with van der Waals surface area (Å²) in [5.74, 6) is -4.21. The molecule has 8 aromatic carbocycles. The molecule has 0 saturated heterocycles. The van der Waals surface area contributed by atoms with E-state index in [1.54, 1.807) is 113 Å². The summed E-state index contributed by atoms with van der Waals surface area (Å²) in [7, 11) is 0. The summed E-state index contributed by atoms with van der Waals surface area (Å²) in [5.41, 5.74) is -3.42. The number of pyridine rings is 1. The minimum absolute atomic E-state index is 0.0734. The van der Waals surface area contributed by atoms with Gasteiger partial charge in [-0.15, -0.1) is 0 Å². The highest BCUT2D eigenvalue weighted by Crippen LogP contribution is 2.46. The standard InChI is InChI=1S/C69H67N3O/c1-43(2)51-33-52(44(3)4)35-54(34-51)49-29-30-63(59(39-49)48-21-16-13-17-22-48)72-64-24-18-23-58(65(64)71-67(72)60-41-57(68(6,7)8)42-61(66(60)73)69(9,10)11)55-36-53(46-19-14-12-15-20-46)37-56(38-55)62-40-50(31-32-70-62)47-27-25-45(5)26-28-47/h12-44,73H,1-11H3/i5D3,6D3,7D3,8D3,9D3,10D3,11D3,43D,44D. The lowest BCUT2D eigenvalue weighted by Crippen LogP contribution is -2.17. The van der Waals surface area contributed by atoms with Gasteiger partial charge in [-0.05, 0) is 145 Å². The van der Waals surface area contributed by atoms with Gasteiger partial charge in [0.15, 0.2) is 0 Å². The summed E-state index contributed by atoms with van der Waals surface area (Å²) in [5, 5.41) is 13.3. The van der Waals surface area contributed by atoms with Gasteiger partial charge in [0.05, 0.1) is 28.0 Å². The van der Waals surface area contributed by atoms with Crippen LogP contribution in [0.4, 0.5) is 0 Å². The maximum atomic E-state index is 13.3. The highest BCUT2D eigenvalue weighted by Gasteiger charge is 2.29. The molecule has 2 aromatic heterocycles. The molecule has 73 heavy (non-hydrogen) atoms. The molecular weight excluding hydrogens is 887 g/mol. The number of aromatic hydroxyl groups is 1. The summed E-state index contributed by atoms with van der Waals surface area (Å²) in [6.45, 7) is -20.4. The largest absolute Gasteiger partial charge is 0.507 e. The molecule has 4 heteroatoms. The predicted molar refractivity (Wildman–Crippen MR) is 309 cm³/mol. The van der Waals surface area contributed by atoms with Gasteiger partial charge in [-0.2, -0.15) is 0 Å². The van der Waals surface area contributed by atoms with Crippen molar-refractivity contribution in [1.82, 2.24) is 14.5 Å². The first kappa shape index (κ1) is 28.4. The van der Waals surface area contributed by atoms with E-state index < -0.39 is 98.8 Å². The molecule has 0 fully saturated rings. The molecule has 1 N–H and O–H groups in total. The number of imidazole rings is 1. The van der Waals surface area contributed by atoms with E-state index in [0.29, 0.717) is 78.5 Å². The number of phenols is 1. The maximum Gasteiger partial charge on any atom is 0.149 e. The highest BCUT2D eigenvalue weighted by atomic mass is 16.3. The van der Waals surface area contributed by atoms with Crippen molar-refractivity contribution in [1.29, 1.82) is 0 Å². The van der Waals surface area contributed by atoms with Crippen LogP contribution in [0.5, 0.6) is 5.75 Å². The van der Waals surface area contributed by atoms with Gasteiger partial charge in [0.2, 0.25) is 0 Å². The molecule has 10 aromatic rings. The van der Waals surface area contributed by atoms with Gasteiger partial charge in [-0.3, -0.25) is 9.55 Å². The van der Waals surface area contributed by atoms with E-state index in [0.717, 1.165) is 5.56 Å². The van der Waals surface area contributed by atoms with Gasteiger partial charge in [0.1, 0.15) is 11.6 Å². The van der Waals surface area contributed by atoms with Crippen molar-refractivity contribution in [2.45, 2.75) is 98.3 Å². The smallest absolute Gasteiger partial charge is 0.149 e. The van der Waals surface area contributed by atoms with E-state index in [2.05, 4.69) is 0 Å². The molecule has 10 rings (SSSR count). The fourth-order valence-electron chi connectivity index (χ4n) is 9.35. The third-order valence-electron chi connectivity index (χ3n) is 13.2. The van der Waals surface area contributed by atoms with Gasteiger partial charge >= 0.3 is 0 Å². The number of hydrogen-bond donors (Lipinski definition) is 1. The van der Waals surface area contributed by atoms with Crippen LogP contribution in [0.1, 0.15) is 140 Å². The number of aromatic nitrogens is 3. The number of rotatable bonds is 10. The van der Waals surface area contributed by atoms with Gasteiger partial charge in [0, 0.05) is 60.0 Å². The predicted octanol–water partition coefficient (Wildman–Crippen LogP) is 18.9.